The molecular formula is C12H7N5S3. The first kappa shape index (κ1) is 11.9. The van der Waals surface area contributed by atoms with Gasteiger partial charge >= 0.3 is 0 Å². The predicted molar refractivity (Wildman–Crippen MR) is 81.9 cm³/mol. The van der Waals surface area contributed by atoms with Gasteiger partial charge in [0.25, 0.3) is 0 Å². The topological polar surface area (TPSA) is 67.3 Å². The third-order valence-corrected chi connectivity index (χ3v) is 5.13. The maximum Gasteiger partial charge on any atom is 0.125 e. The Bertz CT molecular complexity index is 748. The van der Waals surface area contributed by atoms with Crippen LogP contribution in [0.1, 0.15) is 0 Å². The fourth-order valence-corrected chi connectivity index (χ4v) is 4.23. The smallest absolute Gasteiger partial charge is 0.125 e. The van der Waals surface area contributed by atoms with Gasteiger partial charge in [0.15, 0.2) is 0 Å². The van der Waals surface area contributed by atoms with Gasteiger partial charge in [0.05, 0.1) is 10.6 Å². The number of aromatic amines is 1. The summed E-state index contributed by atoms with van der Waals surface area (Å²) in [6, 6.07) is 1.96. The first-order valence-corrected chi connectivity index (χ1v) is 8.31. The molecule has 1 N–H and O–H groups in total. The minimum atomic E-state index is 0.891. The summed E-state index contributed by atoms with van der Waals surface area (Å²) >= 11 is 4.64. The maximum absolute atomic E-state index is 4.45. The number of nitrogens with zero attached hydrogens (tertiary/aromatic N) is 4. The standard InChI is InChI=1S/C12H7N5S3/c1-2-14-15-8(1)11-10(12-13-3-4-18-12)7(5-19-11)9-6-20-17-16-9/h1-6H,(H,14,15). The Morgan fingerprint density at radius 3 is 2.80 bits per heavy atom. The molecule has 4 rings (SSSR count). The summed E-state index contributed by atoms with van der Waals surface area (Å²) < 4.78 is 3.95. The molecule has 0 saturated heterocycles. The average molecular weight is 317 g/mol. The number of H-pyrrole nitrogens is 1. The number of hydrogen-bond acceptors (Lipinski definition) is 7. The second-order valence-corrected chi connectivity index (χ2v) is 6.34. The van der Waals surface area contributed by atoms with Crippen LogP contribution in [-0.2, 0) is 0 Å². The zero-order valence-corrected chi connectivity index (χ0v) is 12.4. The van der Waals surface area contributed by atoms with Crippen LogP contribution in [0.4, 0.5) is 0 Å². The van der Waals surface area contributed by atoms with E-state index in [0.29, 0.717) is 0 Å². The third-order valence-electron chi connectivity index (χ3n) is 2.82. The summed E-state index contributed by atoms with van der Waals surface area (Å²) in [5.74, 6) is 0. The van der Waals surface area contributed by atoms with Crippen LogP contribution in [-0.4, -0.2) is 24.8 Å². The number of thiophene rings is 1. The fourth-order valence-electron chi connectivity index (χ4n) is 1.97. The number of aromatic nitrogens is 5. The fraction of sp³-hybridized carbons (Fsp3) is 0. The highest BCUT2D eigenvalue weighted by atomic mass is 32.1. The minimum absolute atomic E-state index is 0.891. The number of nitrogens with one attached hydrogen (secondary N) is 1. The van der Waals surface area contributed by atoms with Crippen molar-refractivity contribution in [1.29, 1.82) is 0 Å². The van der Waals surface area contributed by atoms with Crippen molar-refractivity contribution in [3.8, 4) is 32.4 Å². The van der Waals surface area contributed by atoms with Crippen molar-refractivity contribution in [1.82, 2.24) is 24.8 Å². The van der Waals surface area contributed by atoms with Crippen LogP contribution in [0.25, 0.3) is 32.4 Å². The Balaban J connectivity index is 1.98. The van der Waals surface area contributed by atoms with Crippen molar-refractivity contribution >= 4 is 34.2 Å². The molecule has 4 heterocycles. The average Bonchev–Trinajstić information content (AvgIpc) is 3.23. The van der Waals surface area contributed by atoms with E-state index in [4.69, 9.17) is 0 Å². The van der Waals surface area contributed by atoms with Gasteiger partial charge in [-0.05, 0) is 17.6 Å². The first-order valence-electron chi connectivity index (χ1n) is 5.72. The third kappa shape index (κ3) is 1.89. The largest absolute Gasteiger partial charge is 0.277 e. The molecule has 4 aromatic rings. The molecule has 0 aliphatic heterocycles. The minimum Gasteiger partial charge on any atom is -0.277 e. The normalized spacial score (nSPS) is 11.0. The summed E-state index contributed by atoms with van der Waals surface area (Å²) in [5, 5.41) is 18.2. The quantitative estimate of drug-likeness (QED) is 0.624. The van der Waals surface area contributed by atoms with Gasteiger partial charge in [-0.25, -0.2) is 4.98 Å². The van der Waals surface area contributed by atoms with Gasteiger partial charge in [-0.2, -0.15) is 5.10 Å². The van der Waals surface area contributed by atoms with Crippen molar-refractivity contribution in [2.75, 3.05) is 0 Å². The molecule has 0 radical (unpaired) electrons. The van der Waals surface area contributed by atoms with Gasteiger partial charge in [0.2, 0.25) is 0 Å². The lowest BCUT2D eigenvalue weighted by atomic mass is 10.1. The van der Waals surface area contributed by atoms with Crippen LogP contribution in [0.5, 0.6) is 0 Å². The Morgan fingerprint density at radius 2 is 2.10 bits per heavy atom. The lowest BCUT2D eigenvalue weighted by Gasteiger charge is -2.01. The van der Waals surface area contributed by atoms with E-state index in [1.54, 1.807) is 28.9 Å². The Hall–Kier alpha value is -1.90. The van der Waals surface area contributed by atoms with E-state index in [0.717, 1.165) is 32.4 Å². The molecule has 0 aliphatic carbocycles. The van der Waals surface area contributed by atoms with Crippen LogP contribution in [0.2, 0.25) is 0 Å². The molecule has 5 nitrogen and oxygen atoms in total. The lowest BCUT2D eigenvalue weighted by molar-refractivity contribution is 1.10. The SMILES string of the molecule is c1cc(-c2scc(-c3csnn3)c2-c2nccs2)[nH]n1. The summed E-state index contributed by atoms with van der Waals surface area (Å²) in [5.41, 5.74) is 4.06. The van der Waals surface area contributed by atoms with Gasteiger partial charge in [-0.3, -0.25) is 5.10 Å². The molecule has 98 valence electrons. The van der Waals surface area contributed by atoms with Gasteiger partial charge in [0.1, 0.15) is 10.7 Å². The molecule has 0 spiro atoms. The molecule has 0 atom stereocenters. The molecule has 4 aromatic heterocycles. The molecule has 0 fully saturated rings. The van der Waals surface area contributed by atoms with E-state index < -0.39 is 0 Å². The van der Waals surface area contributed by atoms with Crippen LogP contribution in [0, 0.1) is 0 Å². The molecule has 0 saturated carbocycles. The van der Waals surface area contributed by atoms with Crippen LogP contribution in [0.15, 0.2) is 34.6 Å². The number of hydrogen-bond donors (Lipinski definition) is 1. The van der Waals surface area contributed by atoms with Gasteiger partial charge in [-0.1, -0.05) is 4.49 Å². The zero-order valence-electron chi connectivity index (χ0n) is 9.98. The van der Waals surface area contributed by atoms with Gasteiger partial charge in [-0.15, -0.1) is 27.8 Å². The monoisotopic (exact) mass is 317 g/mol. The van der Waals surface area contributed by atoms with E-state index in [2.05, 4.69) is 30.1 Å². The lowest BCUT2D eigenvalue weighted by Crippen LogP contribution is -1.83. The van der Waals surface area contributed by atoms with Gasteiger partial charge in [0, 0.05) is 39.7 Å². The Labute approximate surface area is 126 Å². The summed E-state index contributed by atoms with van der Waals surface area (Å²) in [6.07, 6.45) is 3.57. The molecule has 8 heteroatoms. The maximum atomic E-state index is 4.45. The predicted octanol–water partition coefficient (Wildman–Crippen LogP) is 3.78. The van der Waals surface area contributed by atoms with E-state index in [9.17, 15) is 0 Å². The van der Waals surface area contributed by atoms with Gasteiger partial charge < -0.3 is 0 Å². The van der Waals surface area contributed by atoms with E-state index >= 15 is 0 Å². The Kier molecular flexibility index (Phi) is 2.91. The van der Waals surface area contributed by atoms with E-state index in [1.807, 2.05) is 23.0 Å². The summed E-state index contributed by atoms with van der Waals surface area (Å²) in [4.78, 5) is 5.57. The molecule has 0 aromatic carbocycles. The van der Waals surface area contributed by atoms with E-state index in [1.165, 1.54) is 11.5 Å². The van der Waals surface area contributed by atoms with Crippen molar-refractivity contribution < 1.29 is 0 Å². The highest BCUT2D eigenvalue weighted by molar-refractivity contribution is 7.16. The second-order valence-electron chi connectivity index (χ2n) is 3.95. The molecule has 0 unspecified atom stereocenters. The first-order chi connectivity index (χ1) is 9.93. The number of thiazole rings is 1. The Morgan fingerprint density at radius 1 is 1.10 bits per heavy atom. The highest BCUT2D eigenvalue weighted by Crippen LogP contribution is 2.44. The molecule has 0 aliphatic rings. The summed E-state index contributed by atoms with van der Waals surface area (Å²) in [7, 11) is 0. The second kappa shape index (κ2) is 4.89. The van der Waals surface area contributed by atoms with Crippen LogP contribution < -0.4 is 0 Å². The molecule has 0 amide bonds. The molecule has 20 heavy (non-hydrogen) atoms. The zero-order chi connectivity index (χ0) is 13.4. The van der Waals surface area contributed by atoms with Crippen LogP contribution in [0.3, 0.4) is 0 Å². The molecular weight excluding hydrogens is 310 g/mol. The van der Waals surface area contributed by atoms with Crippen molar-refractivity contribution in [3.05, 3.63) is 34.6 Å². The summed E-state index contributed by atoms with van der Waals surface area (Å²) in [6.45, 7) is 0. The van der Waals surface area contributed by atoms with Crippen molar-refractivity contribution in [2.45, 2.75) is 0 Å². The molecule has 0 bridgehead atoms. The van der Waals surface area contributed by atoms with Crippen molar-refractivity contribution in [2.24, 2.45) is 0 Å². The number of rotatable bonds is 3. The van der Waals surface area contributed by atoms with Crippen LogP contribution >= 0.6 is 34.2 Å². The highest BCUT2D eigenvalue weighted by Gasteiger charge is 2.20. The van der Waals surface area contributed by atoms with Crippen molar-refractivity contribution in [3.63, 3.8) is 0 Å². The van der Waals surface area contributed by atoms with E-state index in [-0.39, 0.29) is 0 Å².